The Balaban J connectivity index is 2.55. The molecule has 0 spiro atoms. The van der Waals surface area contributed by atoms with Gasteiger partial charge < -0.3 is 5.32 Å². The average molecular weight is 302 g/mol. The number of allylic oxidation sites excluding steroid dienone is 1. The van der Waals surface area contributed by atoms with Crippen molar-refractivity contribution in [1.82, 2.24) is 5.32 Å². The summed E-state index contributed by atoms with van der Waals surface area (Å²) in [5, 5.41) is 1.94. The Kier molecular flexibility index (Phi) is 3.75. The molecule has 1 aromatic rings. The van der Waals surface area contributed by atoms with Crippen LogP contribution in [0.4, 0.5) is 4.79 Å². The number of amides is 1. The van der Waals surface area contributed by atoms with Crippen LogP contribution >= 0.6 is 35.0 Å². The Labute approximate surface area is 116 Å². The van der Waals surface area contributed by atoms with E-state index in [2.05, 4.69) is 5.32 Å². The topological polar surface area (TPSA) is 63.2 Å². The molecular formula is C11H5Cl2NO3S. The minimum Gasteiger partial charge on any atom is -0.312 e. The first-order valence-corrected chi connectivity index (χ1v) is 6.28. The molecule has 0 saturated carbocycles. The molecule has 1 fully saturated rings. The summed E-state index contributed by atoms with van der Waals surface area (Å²) in [4.78, 5) is 33.7. The molecule has 92 valence electrons. The van der Waals surface area contributed by atoms with Gasteiger partial charge in [0, 0.05) is 17.3 Å². The Morgan fingerprint density at radius 1 is 1.22 bits per heavy atom. The van der Waals surface area contributed by atoms with Crippen molar-refractivity contribution in [2.24, 2.45) is 0 Å². The SMILES string of the molecule is O=CC(=C1NC(=O)SC1=O)c1ccc(Cl)c(Cl)c1. The summed E-state index contributed by atoms with van der Waals surface area (Å²) in [5.74, 6) is 0. The second-order valence-corrected chi connectivity index (χ2v) is 5.10. The lowest BCUT2D eigenvalue weighted by Gasteiger charge is -2.05. The second kappa shape index (κ2) is 5.14. The molecule has 0 bridgehead atoms. The van der Waals surface area contributed by atoms with Crippen LogP contribution in [0.5, 0.6) is 0 Å². The number of carbonyl (C=O) groups is 3. The summed E-state index contributed by atoms with van der Waals surface area (Å²) in [6.45, 7) is 0. The van der Waals surface area contributed by atoms with Gasteiger partial charge in [-0.15, -0.1) is 0 Å². The lowest BCUT2D eigenvalue weighted by Crippen LogP contribution is -2.13. The number of rotatable bonds is 2. The number of hydrogen-bond donors (Lipinski definition) is 1. The zero-order valence-electron chi connectivity index (χ0n) is 8.70. The van der Waals surface area contributed by atoms with E-state index in [9.17, 15) is 14.4 Å². The predicted octanol–water partition coefficient (Wildman–Crippen LogP) is 2.89. The van der Waals surface area contributed by atoms with Crippen LogP contribution in [0.15, 0.2) is 23.9 Å². The van der Waals surface area contributed by atoms with Crippen molar-refractivity contribution in [3.63, 3.8) is 0 Å². The number of halogens is 2. The molecule has 1 aliphatic rings. The van der Waals surface area contributed by atoms with Crippen LogP contribution in [0.25, 0.3) is 5.57 Å². The standard InChI is InChI=1S/C11H5Cl2NO3S/c12-7-2-1-5(3-8(7)13)6(4-15)9-10(16)18-11(17)14-9/h1-4H,(H,14,17). The fourth-order valence-electron chi connectivity index (χ4n) is 1.43. The lowest BCUT2D eigenvalue weighted by molar-refractivity contribution is -0.108. The molecule has 2 rings (SSSR count). The van der Waals surface area contributed by atoms with E-state index in [4.69, 9.17) is 23.2 Å². The zero-order valence-corrected chi connectivity index (χ0v) is 11.0. The fraction of sp³-hybridized carbons (Fsp3) is 0. The Bertz CT molecular complexity index is 598. The van der Waals surface area contributed by atoms with Crippen LogP contribution in [0.3, 0.4) is 0 Å². The van der Waals surface area contributed by atoms with Crippen molar-refractivity contribution in [2.45, 2.75) is 0 Å². The van der Waals surface area contributed by atoms with Gasteiger partial charge in [-0.2, -0.15) is 0 Å². The van der Waals surface area contributed by atoms with Gasteiger partial charge in [0.2, 0.25) is 5.12 Å². The molecule has 0 radical (unpaired) electrons. The van der Waals surface area contributed by atoms with Gasteiger partial charge in [-0.3, -0.25) is 14.4 Å². The van der Waals surface area contributed by atoms with E-state index >= 15 is 0 Å². The summed E-state index contributed by atoms with van der Waals surface area (Å²) in [5.41, 5.74) is 0.473. The van der Waals surface area contributed by atoms with E-state index < -0.39 is 10.4 Å². The molecule has 1 amide bonds. The molecule has 1 heterocycles. The second-order valence-electron chi connectivity index (χ2n) is 3.34. The molecule has 1 N–H and O–H groups in total. The van der Waals surface area contributed by atoms with Crippen molar-refractivity contribution in [3.05, 3.63) is 39.5 Å². The third kappa shape index (κ3) is 2.43. The molecule has 7 heteroatoms. The minimum atomic E-state index is -0.505. The highest BCUT2D eigenvalue weighted by Gasteiger charge is 2.29. The number of thioether (sulfide) groups is 1. The average Bonchev–Trinajstić information content (AvgIpc) is 2.64. The van der Waals surface area contributed by atoms with E-state index in [1.807, 2.05) is 0 Å². The molecule has 1 aliphatic heterocycles. The summed E-state index contributed by atoms with van der Waals surface area (Å²) in [7, 11) is 0. The third-order valence-electron chi connectivity index (χ3n) is 2.23. The van der Waals surface area contributed by atoms with Gasteiger partial charge in [0.05, 0.1) is 10.0 Å². The maximum Gasteiger partial charge on any atom is 0.291 e. The Morgan fingerprint density at radius 2 is 1.94 bits per heavy atom. The first kappa shape index (κ1) is 13.1. The van der Waals surface area contributed by atoms with Crippen LogP contribution < -0.4 is 5.32 Å². The lowest BCUT2D eigenvalue weighted by atomic mass is 10.1. The molecule has 0 aromatic heterocycles. The van der Waals surface area contributed by atoms with Crippen LogP contribution in [-0.4, -0.2) is 16.6 Å². The predicted molar refractivity (Wildman–Crippen MR) is 70.6 cm³/mol. The zero-order chi connectivity index (χ0) is 13.3. The maximum absolute atomic E-state index is 11.5. The van der Waals surface area contributed by atoms with Crippen molar-refractivity contribution < 1.29 is 14.4 Å². The summed E-state index contributed by atoms with van der Waals surface area (Å²) in [6, 6.07) is 4.52. The smallest absolute Gasteiger partial charge is 0.291 e. The van der Waals surface area contributed by atoms with Crippen LogP contribution in [0.2, 0.25) is 10.0 Å². The Hall–Kier alpha value is -1.30. The van der Waals surface area contributed by atoms with Crippen molar-refractivity contribution in [3.8, 4) is 0 Å². The van der Waals surface area contributed by atoms with Gasteiger partial charge in [0.1, 0.15) is 5.70 Å². The highest BCUT2D eigenvalue weighted by atomic mass is 35.5. The highest BCUT2D eigenvalue weighted by Crippen LogP contribution is 2.29. The van der Waals surface area contributed by atoms with E-state index in [1.165, 1.54) is 12.1 Å². The van der Waals surface area contributed by atoms with Crippen LogP contribution in [0, 0.1) is 0 Å². The number of hydrogen-bond acceptors (Lipinski definition) is 4. The number of carbonyl (C=O) groups excluding carboxylic acids is 3. The summed E-state index contributed by atoms with van der Waals surface area (Å²) < 4.78 is 0. The maximum atomic E-state index is 11.5. The van der Waals surface area contributed by atoms with Gasteiger partial charge in [-0.05, 0) is 17.7 Å². The van der Waals surface area contributed by atoms with Crippen molar-refractivity contribution in [1.29, 1.82) is 0 Å². The largest absolute Gasteiger partial charge is 0.312 e. The monoisotopic (exact) mass is 301 g/mol. The molecule has 4 nitrogen and oxygen atoms in total. The number of aldehydes is 1. The normalized spacial score (nSPS) is 17.7. The van der Waals surface area contributed by atoms with Gasteiger partial charge in [0.25, 0.3) is 5.24 Å². The first-order valence-electron chi connectivity index (χ1n) is 4.71. The summed E-state index contributed by atoms with van der Waals surface area (Å²) in [6.07, 6.45) is 0.499. The van der Waals surface area contributed by atoms with Gasteiger partial charge in [0.15, 0.2) is 6.29 Å². The molecule has 18 heavy (non-hydrogen) atoms. The summed E-state index contributed by atoms with van der Waals surface area (Å²) >= 11 is 12.1. The minimum absolute atomic E-state index is 0.0293. The fourth-order valence-corrected chi connectivity index (χ4v) is 2.31. The molecule has 1 saturated heterocycles. The first-order chi connectivity index (χ1) is 8.52. The van der Waals surface area contributed by atoms with Crippen molar-refractivity contribution in [2.75, 3.05) is 0 Å². The van der Waals surface area contributed by atoms with E-state index in [0.717, 1.165) is 0 Å². The molecule has 0 aliphatic carbocycles. The van der Waals surface area contributed by atoms with Crippen LogP contribution in [-0.2, 0) is 9.59 Å². The molecule has 1 aromatic carbocycles. The molecule has 0 unspecified atom stereocenters. The number of nitrogens with one attached hydrogen (secondary N) is 1. The third-order valence-corrected chi connectivity index (χ3v) is 3.65. The Morgan fingerprint density at radius 3 is 2.44 bits per heavy atom. The van der Waals surface area contributed by atoms with E-state index in [1.54, 1.807) is 6.07 Å². The quantitative estimate of drug-likeness (QED) is 0.674. The van der Waals surface area contributed by atoms with Gasteiger partial charge >= 0.3 is 0 Å². The van der Waals surface area contributed by atoms with Crippen molar-refractivity contribution >= 4 is 57.2 Å². The number of benzene rings is 1. The van der Waals surface area contributed by atoms with E-state index in [0.29, 0.717) is 28.6 Å². The van der Waals surface area contributed by atoms with E-state index in [-0.39, 0.29) is 16.3 Å². The molecule has 0 atom stereocenters. The van der Waals surface area contributed by atoms with Gasteiger partial charge in [-0.25, -0.2) is 0 Å². The van der Waals surface area contributed by atoms with Crippen LogP contribution in [0.1, 0.15) is 5.56 Å². The highest BCUT2D eigenvalue weighted by molar-refractivity contribution is 8.27. The van der Waals surface area contributed by atoms with Gasteiger partial charge in [-0.1, -0.05) is 29.3 Å². The molecular weight excluding hydrogens is 297 g/mol.